The summed E-state index contributed by atoms with van der Waals surface area (Å²) in [5, 5.41) is -0.821. The number of fused-ring (bicyclic) bond motifs is 2. The van der Waals surface area contributed by atoms with E-state index in [1.54, 1.807) is 0 Å². The minimum absolute atomic E-state index is 0.00690. The van der Waals surface area contributed by atoms with Crippen LogP contribution in [0.15, 0.2) is 46.2 Å². The lowest BCUT2D eigenvalue weighted by molar-refractivity contribution is 0.101. The van der Waals surface area contributed by atoms with Crippen LogP contribution >= 0.6 is 11.6 Å². The Morgan fingerprint density at radius 3 is 1.87 bits per heavy atom. The molecule has 7 heteroatoms. The lowest BCUT2D eigenvalue weighted by Gasteiger charge is -2.19. The lowest BCUT2D eigenvalue weighted by atomic mass is 9.99. The predicted octanol–water partition coefficient (Wildman–Crippen LogP) is 2.65. The number of ketones is 2. The highest BCUT2D eigenvalue weighted by atomic mass is 35.5. The minimum Gasteiger partial charge on any atom is -0.295 e. The molecule has 0 saturated carbocycles. The molecule has 0 unspecified atom stereocenters. The van der Waals surface area contributed by atoms with E-state index < -0.39 is 20.9 Å². The predicted molar refractivity (Wildman–Crippen MR) is 82.0 cm³/mol. The molecule has 23 heavy (non-hydrogen) atoms. The molecule has 1 aliphatic heterocycles. The number of rotatable bonds is 2. The van der Waals surface area contributed by atoms with Crippen molar-refractivity contribution >= 4 is 38.2 Å². The molecule has 1 aliphatic rings. The summed E-state index contributed by atoms with van der Waals surface area (Å²) in [5.74, 6) is -0.792. The van der Waals surface area contributed by atoms with Crippen molar-refractivity contribution in [2.75, 3.05) is 0 Å². The average molecular weight is 349 g/mol. The zero-order valence-electron chi connectivity index (χ0n) is 11.8. The first kappa shape index (κ1) is 15.6. The molecule has 0 fully saturated rings. The summed E-state index contributed by atoms with van der Waals surface area (Å²) in [6.45, 7) is 1.30. The summed E-state index contributed by atoms with van der Waals surface area (Å²) in [6, 6.07) is 7.58. The summed E-state index contributed by atoms with van der Waals surface area (Å²) < 4.78 is 25.5. The number of benzene rings is 2. The maximum absolute atomic E-state index is 12.8. The highest BCUT2D eigenvalue weighted by Crippen LogP contribution is 2.35. The van der Waals surface area contributed by atoms with Crippen LogP contribution in [0.4, 0.5) is 0 Å². The molecule has 1 heterocycles. The van der Waals surface area contributed by atoms with Gasteiger partial charge in [0, 0.05) is 22.3 Å². The number of hydrogen-bond donors (Lipinski definition) is 0. The second-order valence-corrected chi connectivity index (χ2v) is 7.31. The van der Waals surface area contributed by atoms with Gasteiger partial charge in [0.1, 0.15) is 0 Å². The summed E-state index contributed by atoms with van der Waals surface area (Å²) in [4.78, 5) is 34.7. The summed E-state index contributed by atoms with van der Waals surface area (Å²) in [5.41, 5.74) is 0.156. The Morgan fingerprint density at radius 2 is 1.39 bits per heavy atom. The van der Waals surface area contributed by atoms with Gasteiger partial charge in [0.05, 0.1) is 9.79 Å². The number of hydrogen-bond acceptors (Lipinski definition) is 5. The highest BCUT2D eigenvalue weighted by molar-refractivity contribution is 7.91. The molecule has 0 amide bonds. The fraction of sp³-hybridized carbons (Fsp3) is 0.0625. The van der Waals surface area contributed by atoms with Crippen LogP contribution in [0.2, 0.25) is 0 Å². The van der Waals surface area contributed by atoms with Gasteiger partial charge in [0.25, 0.3) is 5.24 Å². The number of sulfone groups is 1. The molecule has 3 rings (SSSR count). The Kier molecular flexibility index (Phi) is 3.46. The maximum Gasteiger partial charge on any atom is 0.252 e. The largest absolute Gasteiger partial charge is 0.295 e. The normalized spacial score (nSPS) is 14.8. The maximum atomic E-state index is 12.8. The quantitative estimate of drug-likeness (QED) is 0.525. The zero-order chi connectivity index (χ0) is 16.9. The van der Waals surface area contributed by atoms with Gasteiger partial charge in [-0.2, -0.15) is 0 Å². The molecule has 0 atom stereocenters. The van der Waals surface area contributed by atoms with Gasteiger partial charge < -0.3 is 0 Å². The van der Waals surface area contributed by atoms with Crippen LogP contribution in [-0.4, -0.2) is 25.2 Å². The molecule has 0 saturated heterocycles. The van der Waals surface area contributed by atoms with Crippen LogP contribution in [0.1, 0.15) is 43.6 Å². The van der Waals surface area contributed by atoms with E-state index in [4.69, 9.17) is 11.6 Å². The summed E-state index contributed by atoms with van der Waals surface area (Å²) in [7, 11) is -4.03. The first-order valence-corrected chi connectivity index (χ1v) is 8.38. The van der Waals surface area contributed by atoms with E-state index in [1.165, 1.54) is 37.3 Å². The molecule has 5 nitrogen and oxygen atoms in total. The number of halogens is 1. The monoisotopic (exact) mass is 348 g/mol. The second-order valence-electron chi connectivity index (χ2n) is 5.08. The molecule has 0 aromatic heterocycles. The Bertz CT molecular complexity index is 932. The molecule has 0 spiro atoms. The average Bonchev–Trinajstić information content (AvgIpc) is 2.51. The van der Waals surface area contributed by atoms with Crippen molar-refractivity contribution in [3.05, 3.63) is 58.7 Å². The molecule has 0 radical (unpaired) electrons. The fourth-order valence-corrected chi connectivity index (χ4v) is 4.29. The van der Waals surface area contributed by atoms with Crippen molar-refractivity contribution in [1.29, 1.82) is 0 Å². The van der Waals surface area contributed by atoms with Crippen LogP contribution in [0, 0.1) is 0 Å². The Morgan fingerprint density at radius 1 is 0.913 bits per heavy atom. The fourth-order valence-electron chi connectivity index (χ4n) is 2.47. The van der Waals surface area contributed by atoms with Crippen LogP contribution < -0.4 is 0 Å². The second kappa shape index (κ2) is 5.11. The highest BCUT2D eigenvalue weighted by Gasteiger charge is 2.35. The van der Waals surface area contributed by atoms with Gasteiger partial charge in [-0.25, -0.2) is 8.42 Å². The third kappa shape index (κ3) is 2.31. The van der Waals surface area contributed by atoms with E-state index in [2.05, 4.69) is 0 Å². The number of Topliss-reactive ketones (excluding diaryl/α,β-unsaturated/α-hetero) is 1. The Hall–Kier alpha value is -2.31. The lowest BCUT2D eigenvalue weighted by Crippen LogP contribution is -2.21. The molecule has 0 N–H and O–H groups in total. The van der Waals surface area contributed by atoms with E-state index in [0.717, 1.165) is 6.07 Å². The molecule has 2 aromatic rings. The molecule has 116 valence electrons. The van der Waals surface area contributed by atoms with E-state index >= 15 is 0 Å². The van der Waals surface area contributed by atoms with Gasteiger partial charge in [-0.1, -0.05) is 6.07 Å². The molecular formula is C16H9ClO5S. The standard InChI is InChI=1S/C16H9ClO5S/c1-8(18)9-2-4-11-13(6-9)23(21,22)14-7-10(16(17)20)3-5-12(14)15(11)19/h2-7H,1H3. The number of carbonyl (C=O) groups is 3. The van der Waals surface area contributed by atoms with Crippen LogP contribution in [0.5, 0.6) is 0 Å². The number of carbonyl (C=O) groups excluding carboxylic acids is 3. The first-order chi connectivity index (χ1) is 10.7. The Labute approximate surface area is 136 Å². The van der Waals surface area contributed by atoms with Gasteiger partial charge >= 0.3 is 0 Å². The van der Waals surface area contributed by atoms with Crippen molar-refractivity contribution in [3.8, 4) is 0 Å². The minimum atomic E-state index is -4.03. The van der Waals surface area contributed by atoms with Crippen LogP contribution in [-0.2, 0) is 9.84 Å². The SMILES string of the molecule is CC(=O)c1ccc2c(c1)S(=O)(=O)c1cc(C(=O)Cl)ccc1C2=O. The van der Waals surface area contributed by atoms with Crippen molar-refractivity contribution in [1.82, 2.24) is 0 Å². The molecule has 0 aliphatic carbocycles. The van der Waals surface area contributed by atoms with E-state index in [-0.39, 0.29) is 37.8 Å². The van der Waals surface area contributed by atoms with Crippen LogP contribution in [0.3, 0.4) is 0 Å². The molecular weight excluding hydrogens is 340 g/mol. The molecule has 0 bridgehead atoms. The van der Waals surface area contributed by atoms with Crippen molar-refractivity contribution in [2.45, 2.75) is 16.7 Å². The van der Waals surface area contributed by atoms with Crippen LogP contribution in [0.25, 0.3) is 0 Å². The van der Waals surface area contributed by atoms with Crippen molar-refractivity contribution in [3.63, 3.8) is 0 Å². The zero-order valence-corrected chi connectivity index (χ0v) is 13.4. The van der Waals surface area contributed by atoms with Gasteiger partial charge in [0.15, 0.2) is 11.6 Å². The van der Waals surface area contributed by atoms with Gasteiger partial charge in [-0.3, -0.25) is 14.4 Å². The summed E-state index contributed by atoms with van der Waals surface area (Å²) >= 11 is 5.38. The van der Waals surface area contributed by atoms with E-state index in [0.29, 0.717) is 0 Å². The van der Waals surface area contributed by atoms with Gasteiger partial charge in [-0.05, 0) is 48.9 Å². The van der Waals surface area contributed by atoms with E-state index in [1.807, 2.05) is 0 Å². The van der Waals surface area contributed by atoms with Gasteiger partial charge in [-0.15, -0.1) is 0 Å². The van der Waals surface area contributed by atoms with E-state index in [9.17, 15) is 22.8 Å². The molecule has 2 aromatic carbocycles. The van der Waals surface area contributed by atoms with Gasteiger partial charge in [0.2, 0.25) is 9.84 Å². The summed E-state index contributed by atoms with van der Waals surface area (Å²) in [6.07, 6.45) is 0. The third-order valence-electron chi connectivity index (χ3n) is 3.66. The Balaban J connectivity index is 2.35. The van der Waals surface area contributed by atoms with Crippen molar-refractivity contribution in [2.24, 2.45) is 0 Å². The van der Waals surface area contributed by atoms with Crippen molar-refractivity contribution < 1.29 is 22.8 Å². The third-order valence-corrected chi connectivity index (χ3v) is 5.72. The first-order valence-electron chi connectivity index (χ1n) is 6.52. The topological polar surface area (TPSA) is 85.3 Å². The smallest absolute Gasteiger partial charge is 0.252 e.